The monoisotopic (exact) mass is 340 g/mol. The van der Waals surface area contributed by atoms with Gasteiger partial charge in [0.25, 0.3) is 5.91 Å². The van der Waals surface area contributed by atoms with Crippen LogP contribution in [0.3, 0.4) is 0 Å². The molecule has 1 aliphatic heterocycles. The van der Waals surface area contributed by atoms with Crippen LogP contribution in [0, 0.1) is 0 Å². The van der Waals surface area contributed by atoms with Gasteiger partial charge in [0.15, 0.2) is 0 Å². The van der Waals surface area contributed by atoms with E-state index in [1.54, 1.807) is 19.2 Å². The van der Waals surface area contributed by atoms with Crippen LogP contribution in [0.2, 0.25) is 0 Å². The molecule has 0 atom stereocenters. The molecule has 0 saturated carbocycles. The number of aromatic nitrogens is 1. The SMILES string of the molecule is COc1ccc(C(=O)Nc2ccccc2NC2CCN(C)CC2)cn1. The van der Waals surface area contributed by atoms with Gasteiger partial charge in [-0.25, -0.2) is 4.98 Å². The number of nitrogens with zero attached hydrogens (tertiary/aromatic N) is 2. The molecule has 0 aliphatic carbocycles. The molecule has 1 aromatic heterocycles. The minimum Gasteiger partial charge on any atom is -0.481 e. The number of benzene rings is 1. The molecule has 2 heterocycles. The number of methoxy groups -OCH3 is 1. The van der Waals surface area contributed by atoms with Crippen LogP contribution in [0.15, 0.2) is 42.6 Å². The molecule has 25 heavy (non-hydrogen) atoms. The first-order valence-electron chi connectivity index (χ1n) is 8.51. The summed E-state index contributed by atoms with van der Waals surface area (Å²) in [7, 11) is 3.69. The topological polar surface area (TPSA) is 66.5 Å². The van der Waals surface area contributed by atoms with E-state index in [0.29, 0.717) is 17.5 Å². The second-order valence-corrected chi connectivity index (χ2v) is 6.31. The molecule has 0 spiro atoms. The van der Waals surface area contributed by atoms with Crippen molar-refractivity contribution in [2.24, 2.45) is 0 Å². The second kappa shape index (κ2) is 7.98. The maximum Gasteiger partial charge on any atom is 0.257 e. The van der Waals surface area contributed by atoms with Crippen LogP contribution in [-0.2, 0) is 0 Å². The number of anilines is 2. The minimum absolute atomic E-state index is 0.187. The number of likely N-dealkylation sites (tertiary alicyclic amines) is 1. The highest BCUT2D eigenvalue weighted by Gasteiger charge is 2.18. The molecule has 1 fully saturated rings. The Hall–Kier alpha value is -2.60. The fourth-order valence-electron chi connectivity index (χ4n) is 2.92. The summed E-state index contributed by atoms with van der Waals surface area (Å²) in [4.78, 5) is 18.9. The molecule has 1 amide bonds. The Kier molecular flexibility index (Phi) is 5.50. The van der Waals surface area contributed by atoms with E-state index in [1.165, 1.54) is 6.20 Å². The van der Waals surface area contributed by atoms with Crippen LogP contribution in [0.25, 0.3) is 0 Å². The number of amides is 1. The van der Waals surface area contributed by atoms with Gasteiger partial charge in [-0.2, -0.15) is 0 Å². The zero-order chi connectivity index (χ0) is 17.6. The fraction of sp³-hybridized carbons (Fsp3) is 0.368. The van der Waals surface area contributed by atoms with Crippen LogP contribution in [-0.4, -0.2) is 49.1 Å². The number of piperidine rings is 1. The van der Waals surface area contributed by atoms with E-state index in [4.69, 9.17) is 4.74 Å². The third kappa shape index (κ3) is 4.48. The van der Waals surface area contributed by atoms with Gasteiger partial charge >= 0.3 is 0 Å². The molecule has 6 nitrogen and oxygen atoms in total. The van der Waals surface area contributed by atoms with Crippen molar-refractivity contribution in [2.75, 3.05) is 37.9 Å². The van der Waals surface area contributed by atoms with Crippen LogP contribution in [0.1, 0.15) is 23.2 Å². The zero-order valence-electron chi connectivity index (χ0n) is 14.7. The van der Waals surface area contributed by atoms with Crippen molar-refractivity contribution in [2.45, 2.75) is 18.9 Å². The molecular weight excluding hydrogens is 316 g/mol. The predicted molar refractivity (Wildman–Crippen MR) is 99.3 cm³/mol. The molecule has 0 radical (unpaired) electrons. The van der Waals surface area contributed by atoms with Gasteiger partial charge in [-0.05, 0) is 51.2 Å². The van der Waals surface area contributed by atoms with E-state index in [1.807, 2.05) is 24.3 Å². The molecule has 1 aliphatic rings. The summed E-state index contributed by atoms with van der Waals surface area (Å²) in [6.07, 6.45) is 3.71. The van der Waals surface area contributed by atoms with Crippen molar-refractivity contribution < 1.29 is 9.53 Å². The lowest BCUT2D eigenvalue weighted by molar-refractivity contribution is 0.102. The summed E-state index contributed by atoms with van der Waals surface area (Å²) in [5, 5.41) is 6.54. The van der Waals surface area contributed by atoms with Gasteiger partial charge in [-0.1, -0.05) is 12.1 Å². The Morgan fingerprint density at radius 2 is 1.88 bits per heavy atom. The number of carbonyl (C=O) groups is 1. The van der Waals surface area contributed by atoms with Crippen molar-refractivity contribution in [3.05, 3.63) is 48.2 Å². The van der Waals surface area contributed by atoms with Crippen LogP contribution in [0.5, 0.6) is 5.88 Å². The van der Waals surface area contributed by atoms with Crippen LogP contribution < -0.4 is 15.4 Å². The molecule has 1 saturated heterocycles. The number of para-hydroxylation sites is 2. The number of pyridine rings is 1. The van der Waals surface area contributed by atoms with Crippen molar-refractivity contribution in [3.63, 3.8) is 0 Å². The van der Waals surface area contributed by atoms with Gasteiger partial charge in [0.1, 0.15) is 0 Å². The van der Waals surface area contributed by atoms with Gasteiger partial charge in [0.05, 0.1) is 24.0 Å². The van der Waals surface area contributed by atoms with E-state index >= 15 is 0 Å². The number of hydrogen-bond donors (Lipinski definition) is 2. The van der Waals surface area contributed by atoms with Crippen molar-refractivity contribution in [3.8, 4) is 5.88 Å². The zero-order valence-corrected chi connectivity index (χ0v) is 14.7. The highest BCUT2D eigenvalue weighted by molar-refractivity contribution is 6.05. The van der Waals surface area contributed by atoms with E-state index in [9.17, 15) is 4.79 Å². The first-order valence-corrected chi connectivity index (χ1v) is 8.51. The average Bonchev–Trinajstić information content (AvgIpc) is 2.65. The minimum atomic E-state index is -0.187. The molecular formula is C19H24N4O2. The Labute approximate surface area is 148 Å². The molecule has 2 N–H and O–H groups in total. The standard InChI is InChI=1S/C19H24N4O2/c1-23-11-9-15(10-12-23)21-16-5-3-4-6-17(16)22-19(24)14-7-8-18(25-2)20-13-14/h3-8,13,15,21H,9-12H2,1-2H3,(H,22,24). The molecule has 1 aromatic carbocycles. The summed E-state index contributed by atoms with van der Waals surface area (Å²) in [5.41, 5.74) is 2.23. The van der Waals surface area contributed by atoms with Gasteiger partial charge in [0, 0.05) is 18.3 Å². The summed E-state index contributed by atoms with van der Waals surface area (Å²) >= 11 is 0. The fourth-order valence-corrected chi connectivity index (χ4v) is 2.92. The number of carbonyl (C=O) groups excluding carboxylic acids is 1. The highest BCUT2D eigenvalue weighted by atomic mass is 16.5. The molecule has 6 heteroatoms. The van der Waals surface area contributed by atoms with Gasteiger partial charge in [-0.3, -0.25) is 4.79 Å². The molecule has 2 aromatic rings. The Morgan fingerprint density at radius 3 is 2.52 bits per heavy atom. The van der Waals surface area contributed by atoms with Gasteiger partial charge in [-0.15, -0.1) is 0 Å². The van der Waals surface area contributed by atoms with Crippen LogP contribution >= 0.6 is 0 Å². The van der Waals surface area contributed by atoms with Crippen molar-refractivity contribution in [1.29, 1.82) is 0 Å². The lowest BCUT2D eigenvalue weighted by Crippen LogP contribution is -2.36. The highest BCUT2D eigenvalue weighted by Crippen LogP contribution is 2.25. The summed E-state index contributed by atoms with van der Waals surface area (Å²) in [6, 6.07) is 11.6. The van der Waals surface area contributed by atoms with Gasteiger partial charge in [0.2, 0.25) is 5.88 Å². The Balaban J connectivity index is 1.68. The summed E-state index contributed by atoms with van der Waals surface area (Å²) < 4.78 is 5.02. The normalized spacial score (nSPS) is 15.6. The number of ether oxygens (including phenoxy) is 1. The molecule has 132 valence electrons. The van der Waals surface area contributed by atoms with E-state index in [-0.39, 0.29) is 5.91 Å². The average molecular weight is 340 g/mol. The lowest BCUT2D eigenvalue weighted by atomic mass is 10.0. The number of nitrogens with one attached hydrogen (secondary N) is 2. The lowest BCUT2D eigenvalue weighted by Gasteiger charge is -2.30. The van der Waals surface area contributed by atoms with E-state index in [0.717, 1.165) is 37.3 Å². The molecule has 0 unspecified atom stereocenters. The Morgan fingerprint density at radius 1 is 1.16 bits per heavy atom. The first-order chi connectivity index (χ1) is 12.2. The quantitative estimate of drug-likeness (QED) is 0.876. The molecule has 3 rings (SSSR count). The van der Waals surface area contributed by atoms with Gasteiger partial charge < -0.3 is 20.3 Å². The van der Waals surface area contributed by atoms with Crippen molar-refractivity contribution in [1.82, 2.24) is 9.88 Å². The smallest absolute Gasteiger partial charge is 0.257 e. The molecule has 0 bridgehead atoms. The largest absolute Gasteiger partial charge is 0.481 e. The number of hydrogen-bond acceptors (Lipinski definition) is 5. The maximum atomic E-state index is 12.5. The third-order valence-electron chi connectivity index (χ3n) is 4.46. The van der Waals surface area contributed by atoms with Crippen molar-refractivity contribution >= 4 is 17.3 Å². The Bertz CT molecular complexity index is 710. The van der Waals surface area contributed by atoms with Crippen LogP contribution in [0.4, 0.5) is 11.4 Å². The number of rotatable bonds is 5. The van der Waals surface area contributed by atoms with E-state index in [2.05, 4.69) is 27.6 Å². The summed E-state index contributed by atoms with van der Waals surface area (Å²) in [6.45, 7) is 2.17. The predicted octanol–water partition coefficient (Wildman–Crippen LogP) is 2.85. The van der Waals surface area contributed by atoms with E-state index < -0.39 is 0 Å². The second-order valence-electron chi connectivity index (χ2n) is 6.31. The maximum absolute atomic E-state index is 12.5. The third-order valence-corrected chi connectivity index (χ3v) is 4.46. The summed E-state index contributed by atoms with van der Waals surface area (Å²) in [5.74, 6) is 0.300. The first kappa shape index (κ1) is 17.2.